The topological polar surface area (TPSA) is 328 Å². The molecule has 30 atom stereocenters. The van der Waals surface area contributed by atoms with Crippen molar-refractivity contribution in [2.45, 2.75) is 277 Å². The molecule has 5 aliphatic heterocycles. The molecule has 0 spiro atoms. The van der Waals surface area contributed by atoms with E-state index in [1.54, 1.807) is 35.0 Å². The van der Waals surface area contributed by atoms with Crippen LogP contribution in [-0.4, -0.2) is 251 Å². The van der Waals surface area contributed by atoms with E-state index in [-0.39, 0.29) is 38.2 Å². The van der Waals surface area contributed by atoms with Crippen LogP contribution in [0.1, 0.15) is 113 Å². The molecule has 4 aliphatic carbocycles. The second-order valence-electron chi connectivity index (χ2n) is 24.4. The number of aliphatic hydroxyl groups excluding tert-OH is 6. The summed E-state index contributed by atoms with van der Waals surface area (Å²) in [4.78, 5) is 12.8. The summed E-state index contributed by atoms with van der Waals surface area (Å²) in [6, 6.07) is 0. The van der Waals surface area contributed by atoms with Gasteiger partial charge in [0.1, 0.15) is 77.8 Å². The first-order valence-electron chi connectivity index (χ1n) is 28.3. The van der Waals surface area contributed by atoms with Crippen molar-refractivity contribution in [3.8, 4) is 0 Å². The molecule has 5 saturated heterocycles. The van der Waals surface area contributed by atoms with Crippen molar-refractivity contribution in [3.05, 3.63) is 11.6 Å². The Morgan fingerprint density at radius 3 is 1.62 bits per heavy atom. The lowest BCUT2D eigenvalue weighted by Crippen LogP contribution is -2.78. The number of hydrogen-bond donors (Lipinski definition) is 9. The summed E-state index contributed by atoms with van der Waals surface area (Å²) in [6.07, 6.45) is -16.9. The van der Waals surface area contributed by atoms with Gasteiger partial charge in [0.2, 0.25) is 0 Å². The van der Waals surface area contributed by atoms with E-state index in [2.05, 4.69) is 6.92 Å². The molecule has 9 aliphatic rings. The van der Waals surface area contributed by atoms with Crippen molar-refractivity contribution < 1.29 is 117 Å². The maximum Gasteiger partial charge on any atom is 0.187 e. The fourth-order valence-electron chi connectivity index (χ4n) is 15.5. The highest BCUT2D eigenvalue weighted by Gasteiger charge is 2.80. The molecule has 454 valence electrons. The van der Waals surface area contributed by atoms with Crippen LogP contribution < -0.4 is 0 Å². The number of Topliss-reactive ketones (excluding diaryl/α,β-unsaturated/α-hetero) is 1. The average Bonchev–Trinajstić information content (AvgIpc) is 3.28. The molecule has 24 nitrogen and oxygen atoms in total. The Hall–Kier alpha value is -1.51. The zero-order valence-corrected chi connectivity index (χ0v) is 47.4. The van der Waals surface area contributed by atoms with E-state index in [4.69, 9.17) is 66.3 Å². The molecular formula is C55H90O24. The zero-order chi connectivity index (χ0) is 57.5. The minimum atomic E-state index is -1.97. The number of methoxy groups -OCH3 is 4. The van der Waals surface area contributed by atoms with Crippen LogP contribution in [0, 0.1) is 16.7 Å². The van der Waals surface area contributed by atoms with Crippen LogP contribution >= 0.6 is 0 Å². The minimum Gasteiger partial charge on any atom is -0.394 e. The monoisotopic (exact) mass is 1130 g/mol. The Kier molecular flexibility index (Phi) is 18.6. The lowest BCUT2D eigenvalue weighted by molar-refractivity contribution is -0.374. The van der Waals surface area contributed by atoms with E-state index < -0.39 is 187 Å². The van der Waals surface area contributed by atoms with E-state index in [9.17, 15) is 50.8 Å². The molecule has 0 aromatic rings. The second kappa shape index (κ2) is 23.7. The number of rotatable bonds is 16. The van der Waals surface area contributed by atoms with Crippen LogP contribution in [0.5, 0.6) is 0 Å². The quantitative estimate of drug-likeness (QED) is 0.0901. The molecule has 0 aromatic carbocycles. The highest BCUT2D eigenvalue weighted by atomic mass is 16.8. The summed E-state index contributed by atoms with van der Waals surface area (Å²) in [5, 5.41) is 101. The molecule has 8 fully saturated rings. The fraction of sp³-hybridized carbons (Fsp3) is 0.945. The lowest BCUT2D eigenvalue weighted by atomic mass is 9.42. The maximum absolute atomic E-state index is 12.8. The van der Waals surface area contributed by atoms with Crippen LogP contribution in [0.25, 0.3) is 0 Å². The third-order valence-electron chi connectivity index (χ3n) is 20.3. The van der Waals surface area contributed by atoms with E-state index in [1.165, 1.54) is 21.1 Å². The number of aliphatic hydroxyl groups is 9. The van der Waals surface area contributed by atoms with Gasteiger partial charge in [0.15, 0.2) is 37.2 Å². The van der Waals surface area contributed by atoms with E-state index in [1.807, 2.05) is 19.9 Å². The Bertz CT molecular complexity index is 2120. The van der Waals surface area contributed by atoms with Crippen LogP contribution in [0.15, 0.2) is 11.6 Å². The van der Waals surface area contributed by atoms with Crippen molar-refractivity contribution in [2.24, 2.45) is 16.7 Å². The smallest absolute Gasteiger partial charge is 0.187 e. The number of ether oxygens (including phenoxy) is 14. The standard InChI is InChI=1S/C55H90O24/c1-24-44(31(66-8)19-37(70-24)74-30-13-14-51(6)29(18-30)12-15-54(64)35(51)22-36(58)52(7)53(63,28(5)57)16-17-55(52,54)65)76-38-20-32(67-9)45(25(2)71-38)77-39-21-33(68-10)46(26(3)72-39)78-50-43(62)48(69-11)47(27(4)73-50)79-49-42(61)41(60)40(59)34(23-56)75-49/h12,24-27,30-50,56,58-65H,13-23H2,1-11H3/t24-,25-,26-,27-,30+,31+,32+,33-,34-,35-,36-,37+,38+,39+,40-,41+,42-,43-,44-,45-,46-,47-,48-,49+,50+,51+,52-,53-,54+,55-/m1/s1. The molecule has 79 heavy (non-hydrogen) atoms. The summed E-state index contributed by atoms with van der Waals surface area (Å²) in [6.45, 7) is 11.5. The van der Waals surface area contributed by atoms with Gasteiger partial charge in [-0.15, -0.1) is 0 Å². The molecule has 24 heteroatoms. The maximum atomic E-state index is 12.8. The number of carbonyl (C=O) groups excluding carboxylic acids is 1. The molecule has 0 aromatic heterocycles. The molecular weight excluding hydrogens is 1040 g/mol. The predicted molar refractivity (Wildman–Crippen MR) is 270 cm³/mol. The van der Waals surface area contributed by atoms with Gasteiger partial charge in [-0.25, -0.2) is 0 Å². The van der Waals surface area contributed by atoms with Gasteiger partial charge in [-0.3, -0.25) is 4.79 Å². The van der Waals surface area contributed by atoms with Gasteiger partial charge in [0.05, 0.1) is 67.0 Å². The SMILES string of the molecule is CO[C@@H]1[C@@H](O)[C@H](O[C@@H]2[C@@H](C)O[C@@H](O[C@H]3[C@@H](OC)C[C@H](O[C@H]4[C@@H](OC)C[C@H](O[C@H]5CC[C@@]6(C)C(=CC[C@]7(O)[C@@H]6C[C@@H](O)[C@@]6(C)[C@]7(O)CC[C@@]6(O)C(C)=O)C5)O[C@@H]4C)O[C@@H]3C)C[C@H]2OC)O[C@H](C)[C@H]1O[C@@H]1O[C@H](CO)[C@@H](O)[C@H](O)[C@H]1O. The molecule has 0 amide bonds. The molecule has 3 saturated carbocycles. The molecule has 0 radical (unpaired) electrons. The molecule has 9 N–H and O–H groups in total. The molecule has 0 bridgehead atoms. The van der Waals surface area contributed by atoms with E-state index in [0.29, 0.717) is 32.1 Å². The average molecular weight is 1140 g/mol. The van der Waals surface area contributed by atoms with Gasteiger partial charge in [0.25, 0.3) is 0 Å². The van der Waals surface area contributed by atoms with Crippen LogP contribution in [0.4, 0.5) is 0 Å². The summed E-state index contributed by atoms with van der Waals surface area (Å²) in [5.41, 5.74) is -6.67. The predicted octanol–water partition coefficient (Wildman–Crippen LogP) is -0.234. The summed E-state index contributed by atoms with van der Waals surface area (Å²) in [7, 11) is 6.11. The van der Waals surface area contributed by atoms with Gasteiger partial charge >= 0.3 is 0 Å². The molecule has 5 heterocycles. The van der Waals surface area contributed by atoms with Crippen LogP contribution in [0.2, 0.25) is 0 Å². The van der Waals surface area contributed by atoms with Crippen LogP contribution in [-0.2, 0) is 71.1 Å². The highest BCUT2D eigenvalue weighted by molar-refractivity contribution is 5.87. The Morgan fingerprint density at radius 1 is 0.595 bits per heavy atom. The third kappa shape index (κ3) is 10.6. The Morgan fingerprint density at radius 2 is 1.10 bits per heavy atom. The van der Waals surface area contributed by atoms with Crippen molar-refractivity contribution >= 4 is 5.78 Å². The summed E-state index contributed by atoms with van der Waals surface area (Å²) in [5.74, 6) is -1.05. The number of hydrogen-bond acceptors (Lipinski definition) is 24. The first-order valence-corrected chi connectivity index (χ1v) is 28.3. The number of fused-ring (bicyclic) bond motifs is 5. The summed E-state index contributed by atoms with van der Waals surface area (Å²) < 4.78 is 86.9. The van der Waals surface area contributed by atoms with Crippen molar-refractivity contribution in [2.75, 3.05) is 35.0 Å². The lowest BCUT2D eigenvalue weighted by Gasteiger charge is -2.66. The zero-order valence-electron chi connectivity index (χ0n) is 47.4. The van der Waals surface area contributed by atoms with Gasteiger partial charge in [0, 0.05) is 53.6 Å². The summed E-state index contributed by atoms with van der Waals surface area (Å²) >= 11 is 0. The van der Waals surface area contributed by atoms with Crippen molar-refractivity contribution in [1.82, 2.24) is 0 Å². The molecule has 9 rings (SSSR count). The van der Waals surface area contributed by atoms with Gasteiger partial charge in [-0.1, -0.05) is 25.5 Å². The second-order valence-corrected chi connectivity index (χ2v) is 24.4. The first-order chi connectivity index (χ1) is 37.3. The van der Waals surface area contributed by atoms with Crippen molar-refractivity contribution in [1.29, 1.82) is 0 Å². The Labute approximate surface area is 462 Å². The van der Waals surface area contributed by atoms with E-state index >= 15 is 0 Å². The number of carbonyl (C=O) groups is 1. The molecule has 0 unspecified atom stereocenters. The van der Waals surface area contributed by atoms with Crippen LogP contribution in [0.3, 0.4) is 0 Å². The van der Waals surface area contributed by atoms with Crippen molar-refractivity contribution in [3.63, 3.8) is 0 Å². The third-order valence-corrected chi connectivity index (χ3v) is 20.3. The first kappa shape index (κ1) is 62.0. The largest absolute Gasteiger partial charge is 0.394 e. The van der Waals surface area contributed by atoms with Gasteiger partial charge < -0.3 is 112 Å². The number of ketones is 1. The van der Waals surface area contributed by atoms with Gasteiger partial charge in [-0.2, -0.15) is 0 Å². The van der Waals surface area contributed by atoms with Gasteiger partial charge in [-0.05, 0) is 85.0 Å². The Balaban J connectivity index is 0.765. The van der Waals surface area contributed by atoms with E-state index in [0.717, 1.165) is 5.57 Å². The fourth-order valence-corrected chi connectivity index (χ4v) is 15.5. The highest BCUT2D eigenvalue weighted by Crippen LogP contribution is 2.70. The normalized spacial score (nSPS) is 54.1. The minimum absolute atomic E-state index is 0.0111.